The minimum atomic E-state index is -0.180. The summed E-state index contributed by atoms with van der Waals surface area (Å²) in [6.45, 7) is 2.62. The lowest BCUT2D eigenvalue weighted by Crippen LogP contribution is -2.22. The molecule has 0 bridgehead atoms. The highest BCUT2D eigenvalue weighted by Crippen LogP contribution is 2.16. The Balaban J connectivity index is 1.96. The standard InChI is InChI=1S/C18H16N2OS/c1-14-10-12-22-17(14)18(21)19-16-9-5-6-11-20(16)13-15-7-3-2-4-8-15/h2-12H,13H2,1H3. The highest BCUT2D eigenvalue weighted by atomic mass is 32.1. The second kappa shape index (κ2) is 6.54. The van der Waals surface area contributed by atoms with Crippen molar-refractivity contribution in [2.75, 3.05) is 0 Å². The van der Waals surface area contributed by atoms with Crippen molar-refractivity contribution in [3.8, 4) is 0 Å². The molecular formula is C18H16N2OS. The summed E-state index contributed by atoms with van der Waals surface area (Å²) in [6.07, 6.45) is 1.94. The molecule has 110 valence electrons. The number of amides is 1. The van der Waals surface area contributed by atoms with Crippen LogP contribution in [0.1, 0.15) is 20.8 Å². The number of hydrogen-bond acceptors (Lipinski definition) is 2. The Morgan fingerprint density at radius 2 is 1.86 bits per heavy atom. The molecule has 0 unspecified atom stereocenters. The molecule has 3 nitrogen and oxygen atoms in total. The highest BCUT2D eigenvalue weighted by Gasteiger charge is 2.09. The molecular weight excluding hydrogens is 292 g/mol. The molecule has 3 rings (SSSR count). The van der Waals surface area contributed by atoms with Gasteiger partial charge in [-0.1, -0.05) is 36.4 Å². The first-order valence-corrected chi connectivity index (χ1v) is 7.94. The second-order valence-electron chi connectivity index (χ2n) is 5.02. The molecule has 0 aliphatic heterocycles. The molecule has 0 atom stereocenters. The first-order valence-electron chi connectivity index (χ1n) is 7.06. The number of nitrogens with zero attached hydrogens (tertiary/aromatic N) is 2. The van der Waals surface area contributed by atoms with Crippen molar-refractivity contribution < 1.29 is 4.79 Å². The van der Waals surface area contributed by atoms with Crippen LogP contribution in [0, 0.1) is 6.92 Å². The Hall–Kier alpha value is -2.46. The Labute approximate surface area is 133 Å². The van der Waals surface area contributed by atoms with E-state index < -0.39 is 0 Å². The Morgan fingerprint density at radius 3 is 2.59 bits per heavy atom. The zero-order valence-corrected chi connectivity index (χ0v) is 13.1. The molecule has 2 heterocycles. The second-order valence-corrected chi connectivity index (χ2v) is 5.94. The summed E-state index contributed by atoms with van der Waals surface area (Å²) in [5.41, 5.74) is 2.82. The Morgan fingerprint density at radius 1 is 1.09 bits per heavy atom. The number of carbonyl (C=O) groups excluding carboxylic acids is 1. The average molecular weight is 308 g/mol. The van der Waals surface area contributed by atoms with Gasteiger partial charge in [0.2, 0.25) is 0 Å². The van der Waals surface area contributed by atoms with E-state index >= 15 is 0 Å². The SMILES string of the molecule is Cc1ccsc1C(=O)N=c1ccccn1Cc1ccccc1. The summed E-state index contributed by atoms with van der Waals surface area (Å²) >= 11 is 1.43. The molecule has 1 aromatic carbocycles. The molecule has 4 heteroatoms. The molecule has 0 fully saturated rings. The van der Waals surface area contributed by atoms with Crippen LogP contribution < -0.4 is 5.49 Å². The van der Waals surface area contributed by atoms with Gasteiger partial charge in [-0.15, -0.1) is 11.3 Å². The summed E-state index contributed by atoms with van der Waals surface area (Å²) in [7, 11) is 0. The van der Waals surface area contributed by atoms with Crippen LogP contribution in [0.3, 0.4) is 0 Å². The fourth-order valence-electron chi connectivity index (χ4n) is 2.23. The van der Waals surface area contributed by atoms with Gasteiger partial charge < -0.3 is 4.57 Å². The van der Waals surface area contributed by atoms with Crippen molar-refractivity contribution in [2.45, 2.75) is 13.5 Å². The van der Waals surface area contributed by atoms with Crippen molar-refractivity contribution >= 4 is 17.2 Å². The molecule has 3 aromatic rings. The maximum atomic E-state index is 12.3. The van der Waals surface area contributed by atoms with Crippen LogP contribution in [-0.4, -0.2) is 10.5 Å². The molecule has 0 aliphatic rings. The summed E-state index contributed by atoms with van der Waals surface area (Å²) < 4.78 is 1.98. The van der Waals surface area contributed by atoms with Gasteiger partial charge in [0.25, 0.3) is 5.91 Å². The Bertz CT molecular complexity index is 847. The van der Waals surface area contributed by atoms with Gasteiger partial charge in [0, 0.05) is 12.7 Å². The van der Waals surface area contributed by atoms with Crippen LogP contribution in [0.15, 0.2) is 71.2 Å². The first kappa shape index (κ1) is 14.5. The van der Waals surface area contributed by atoms with Crippen LogP contribution in [-0.2, 0) is 6.54 Å². The topological polar surface area (TPSA) is 34.4 Å². The zero-order valence-electron chi connectivity index (χ0n) is 12.3. The first-order chi connectivity index (χ1) is 10.7. The molecule has 0 N–H and O–H groups in total. The molecule has 1 amide bonds. The van der Waals surface area contributed by atoms with Crippen LogP contribution in [0.5, 0.6) is 0 Å². The minimum Gasteiger partial charge on any atom is -0.328 e. The molecule has 0 saturated carbocycles. The van der Waals surface area contributed by atoms with E-state index in [0.717, 1.165) is 5.56 Å². The van der Waals surface area contributed by atoms with Gasteiger partial charge in [-0.3, -0.25) is 4.79 Å². The van der Waals surface area contributed by atoms with E-state index in [-0.39, 0.29) is 5.91 Å². The van der Waals surface area contributed by atoms with Crippen LogP contribution in [0.4, 0.5) is 0 Å². The van der Waals surface area contributed by atoms with Crippen molar-refractivity contribution in [3.05, 3.63) is 87.7 Å². The molecule has 0 saturated heterocycles. The van der Waals surface area contributed by atoms with E-state index in [1.54, 1.807) is 0 Å². The number of pyridine rings is 1. The largest absolute Gasteiger partial charge is 0.328 e. The van der Waals surface area contributed by atoms with E-state index in [1.807, 2.05) is 65.5 Å². The molecule has 0 spiro atoms. The lowest BCUT2D eigenvalue weighted by molar-refractivity contribution is 0.100. The maximum Gasteiger partial charge on any atom is 0.289 e. The number of rotatable bonds is 3. The molecule has 0 aliphatic carbocycles. The number of benzene rings is 1. The monoisotopic (exact) mass is 308 g/mol. The number of aryl methyl sites for hydroxylation is 1. The maximum absolute atomic E-state index is 12.3. The minimum absolute atomic E-state index is 0.180. The zero-order chi connectivity index (χ0) is 15.4. The van der Waals surface area contributed by atoms with E-state index in [9.17, 15) is 4.79 Å². The van der Waals surface area contributed by atoms with Gasteiger partial charge >= 0.3 is 0 Å². The van der Waals surface area contributed by atoms with E-state index in [2.05, 4.69) is 17.1 Å². The summed E-state index contributed by atoms with van der Waals surface area (Å²) in [5, 5.41) is 1.92. The third-order valence-electron chi connectivity index (χ3n) is 3.38. The number of hydrogen-bond donors (Lipinski definition) is 0. The van der Waals surface area contributed by atoms with Crippen molar-refractivity contribution in [1.29, 1.82) is 0 Å². The number of aromatic nitrogens is 1. The molecule has 0 radical (unpaired) electrons. The smallest absolute Gasteiger partial charge is 0.289 e. The lowest BCUT2D eigenvalue weighted by Gasteiger charge is -2.07. The quantitative estimate of drug-likeness (QED) is 0.727. The van der Waals surface area contributed by atoms with Gasteiger partial charge in [-0.2, -0.15) is 4.99 Å². The highest BCUT2D eigenvalue weighted by molar-refractivity contribution is 7.12. The van der Waals surface area contributed by atoms with Crippen molar-refractivity contribution in [1.82, 2.24) is 4.57 Å². The van der Waals surface area contributed by atoms with E-state index in [0.29, 0.717) is 16.9 Å². The number of thiophene rings is 1. The third-order valence-corrected chi connectivity index (χ3v) is 4.39. The van der Waals surface area contributed by atoms with Gasteiger partial charge in [0.15, 0.2) is 0 Å². The summed E-state index contributed by atoms with van der Waals surface area (Å²) in [4.78, 5) is 17.3. The number of carbonyl (C=O) groups is 1. The molecule has 2 aromatic heterocycles. The third kappa shape index (κ3) is 3.23. The van der Waals surface area contributed by atoms with Crippen LogP contribution in [0.2, 0.25) is 0 Å². The van der Waals surface area contributed by atoms with E-state index in [1.165, 1.54) is 16.9 Å². The fourth-order valence-corrected chi connectivity index (χ4v) is 3.04. The van der Waals surface area contributed by atoms with Crippen molar-refractivity contribution in [2.24, 2.45) is 4.99 Å². The van der Waals surface area contributed by atoms with Gasteiger partial charge in [-0.25, -0.2) is 0 Å². The predicted molar refractivity (Wildman–Crippen MR) is 88.9 cm³/mol. The van der Waals surface area contributed by atoms with Crippen LogP contribution >= 0.6 is 11.3 Å². The summed E-state index contributed by atoms with van der Waals surface area (Å²) in [6, 6.07) is 17.8. The van der Waals surface area contributed by atoms with Crippen molar-refractivity contribution in [3.63, 3.8) is 0 Å². The van der Waals surface area contributed by atoms with Crippen LogP contribution in [0.25, 0.3) is 0 Å². The predicted octanol–water partition coefficient (Wildman–Crippen LogP) is 3.65. The molecule has 22 heavy (non-hydrogen) atoms. The van der Waals surface area contributed by atoms with Gasteiger partial charge in [0.1, 0.15) is 5.49 Å². The normalized spacial score (nSPS) is 11.6. The van der Waals surface area contributed by atoms with Gasteiger partial charge in [-0.05, 0) is 41.6 Å². The van der Waals surface area contributed by atoms with Gasteiger partial charge in [0.05, 0.1) is 4.88 Å². The average Bonchev–Trinajstić information content (AvgIpc) is 2.96. The Kier molecular flexibility index (Phi) is 4.30. The summed E-state index contributed by atoms with van der Waals surface area (Å²) in [5.74, 6) is -0.180. The van der Waals surface area contributed by atoms with E-state index in [4.69, 9.17) is 0 Å². The fraction of sp³-hybridized carbons (Fsp3) is 0.111. The lowest BCUT2D eigenvalue weighted by atomic mass is 10.2.